The first-order chi connectivity index (χ1) is 12.2. The molecule has 0 amide bonds. The molecule has 0 radical (unpaired) electrons. The number of hydrogen-bond acceptors (Lipinski definition) is 6. The highest BCUT2D eigenvalue weighted by molar-refractivity contribution is 5.63. The maximum atomic E-state index is 5.93. The maximum absolute atomic E-state index is 5.93. The quantitative estimate of drug-likeness (QED) is 0.900. The van der Waals surface area contributed by atoms with E-state index in [0.717, 1.165) is 37.4 Å². The Morgan fingerprint density at radius 3 is 3.12 bits per heavy atom. The highest BCUT2D eigenvalue weighted by Gasteiger charge is 2.50. The summed E-state index contributed by atoms with van der Waals surface area (Å²) in [6.45, 7) is 8.17. The molecule has 3 heterocycles. The van der Waals surface area contributed by atoms with Gasteiger partial charge >= 0.3 is 0 Å². The summed E-state index contributed by atoms with van der Waals surface area (Å²) in [6, 6.07) is 7.86. The van der Waals surface area contributed by atoms with Crippen molar-refractivity contribution >= 4 is 0 Å². The Morgan fingerprint density at radius 1 is 1.36 bits per heavy atom. The number of ether oxygens (including phenoxy) is 2. The molecule has 134 valence electrons. The van der Waals surface area contributed by atoms with Gasteiger partial charge in [0.15, 0.2) is 0 Å². The van der Waals surface area contributed by atoms with Crippen LogP contribution in [0.25, 0.3) is 11.4 Å². The van der Waals surface area contributed by atoms with E-state index < -0.39 is 0 Å². The summed E-state index contributed by atoms with van der Waals surface area (Å²) in [5.41, 5.74) is 0.672. The number of hydrogen-bond donors (Lipinski definition) is 1. The Kier molecular flexibility index (Phi) is 4.48. The molecule has 0 spiro atoms. The van der Waals surface area contributed by atoms with Crippen molar-refractivity contribution in [2.45, 2.75) is 25.7 Å². The van der Waals surface area contributed by atoms with Gasteiger partial charge in [-0.05, 0) is 36.9 Å². The second kappa shape index (κ2) is 6.77. The van der Waals surface area contributed by atoms with Crippen molar-refractivity contribution in [1.29, 1.82) is 0 Å². The van der Waals surface area contributed by atoms with Crippen LogP contribution in [0.3, 0.4) is 0 Å². The molecule has 1 aromatic carbocycles. The van der Waals surface area contributed by atoms with E-state index in [2.05, 4.69) is 24.3 Å². The first-order valence-corrected chi connectivity index (χ1v) is 9.04. The summed E-state index contributed by atoms with van der Waals surface area (Å²) >= 11 is 0. The van der Waals surface area contributed by atoms with Gasteiger partial charge in [0.1, 0.15) is 5.75 Å². The van der Waals surface area contributed by atoms with Crippen LogP contribution in [0.15, 0.2) is 28.8 Å². The van der Waals surface area contributed by atoms with Gasteiger partial charge in [-0.1, -0.05) is 31.1 Å². The smallest absolute Gasteiger partial charge is 0.237 e. The fourth-order valence-corrected chi connectivity index (χ4v) is 3.72. The van der Waals surface area contributed by atoms with Crippen molar-refractivity contribution in [3.8, 4) is 17.1 Å². The molecule has 1 N–H and O–H groups in total. The molecule has 0 aliphatic carbocycles. The Morgan fingerprint density at radius 2 is 2.24 bits per heavy atom. The molecule has 2 aromatic rings. The maximum Gasteiger partial charge on any atom is 0.237 e. The van der Waals surface area contributed by atoms with E-state index in [-0.39, 0.29) is 5.41 Å². The fourth-order valence-electron chi connectivity index (χ4n) is 3.72. The van der Waals surface area contributed by atoms with E-state index in [1.54, 1.807) is 0 Å². The third kappa shape index (κ3) is 3.04. The topological polar surface area (TPSA) is 69.4 Å². The van der Waals surface area contributed by atoms with E-state index in [0.29, 0.717) is 36.8 Å². The fraction of sp³-hybridized carbons (Fsp3) is 0.579. The first kappa shape index (κ1) is 16.5. The van der Waals surface area contributed by atoms with Gasteiger partial charge in [-0.2, -0.15) is 4.98 Å². The van der Waals surface area contributed by atoms with Crippen molar-refractivity contribution in [1.82, 2.24) is 15.5 Å². The van der Waals surface area contributed by atoms with Crippen LogP contribution >= 0.6 is 0 Å². The van der Waals surface area contributed by atoms with E-state index in [9.17, 15) is 0 Å². The van der Waals surface area contributed by atoms with Crippen molar-refractivity contribution in [3.05, 3.63) is 30.2 Å². The zero-order chi connectivity index (χ0) is 17.3. The van der Waals surface area contributed by atoms with Crippen LogP contribution in [0.4, 0.5) is 0 Å². The van der Waals surface area contributed by atoms with E-state index >= 15 is 0 Å². The lowest BCUT2D eigenvalue weighted by molar-refractivity contribution is 0.00198. The van der Waals surface area contributed by atoms with Crippen molar-refractivity contribution < 1.29 is 14.0 Å². The normalized spacial score (nSPS) is 26.0. The highest BCUT2D eigenvalue weighted by Crippen LogP contribution is 2.40. The van der Waals surface area contributed by atoms with Gasteiger partial charge in [0.25, 0.3) is 0 Å². The molecule has 2 saturated heterocycles. The summed E-state index contributed by atoms with van der Waals surface area (Å²) in [5, 5.41) is 7.72. The van der Waals surface area contributed by atoms with Gasteiger partial charge in [0, 0.05) is 13.2 Å². The van der Waals surface area contributed by atoms with Gasteiger partial charge in [-0.15, -0.1) is 0 Å². The van der Waals surface area contributed by atoms with Crippen LogP contribution in [0.5, 0.6) is 5.75 Å². The van der Waals surface area contributed by atoms with Gasteiger partial charge < -0.3 is 19.3 Å². The molecule has 2 aliphatic rings. The van der Waals surface area contributed by atoms with Crippen LogP contribution in [0.1, 0.15) is 26.2 Å². The first-order valence-electron chi connectivity index (χ1n) is 9.04. The van der Waals surface area contributed by atoms with Crippen molar-refractivity contribution in [2.24, 2.45) is 11.8 Å². The predicted molar refractivity (Wildman–Crippen MR) is 93.5 cm³/mol. The number of rotatable bonds is 5. The van der Waals surface area contributed by atoms with Crippen molar-refractivity contribution in [3.63, 3.8) is 0 Å². The summed E-state index contributed by atoms with van der Waals surface area (Å²) in [6.07, 6.45) is 1.03. The molecule has 6 nitrogen and oxygen atoms in total. The average Bonchev–Trinajstić information content (AvgIpc) is 3.27. The molecular weight excluding hydrogens is 318 g/mol. The van der Waals surface area contributed by atoms with Gasteiger partial charge in [-0.25, -0.2) is 0 Å². The lowest BCUT2D eigenvalue weighted by Crippen LogP contribution is -2.44. The van der Waals surface area contributed by atoms with Crippen molar-refractivity contribution in [2.75, 3.05) is 32.9 Å². The minimum Gasteiger partial charge on any atom is -0.493 e. The lowest BCUT2D eigenvalue weighted by Gasteiger charge is -2.34. The minimum absolute atomic E-state index is 0.197. The molecule has 1 aromatic heterocycles. The predicted octanol–water partition coefficient (Wildman–Crippen LogP) is 2.65. The van der Waals surface area contributed by atoms with Crippen LogP contribution in [-0.4, -0.2) is 43.1 Å². The largest absolute Gasteiger partial charge is 0.493 e. The summed E-state index contributed by atoms with van der Waals surface area (Å²) in [7, 11) is 0. The lowest BCUT2D eigenvalue weighted by atomic mass is 9.75. The summed E-state index contributed by atoms with van der Waals surface area (Å²) in [5.74, 6) is 3.00. The molecule has 4 rings (SSSR count). The Bertz CT molecular complexity index is 730. The number of nitrogens with zero attached hydrogens (tertiary/aromatic N) is 2. The van der Waals surface area contributed by atoms with Gasteiger partial charge in [0.05, 0.1) is 24.2 Å². The standard InChI is InChI=1S/C19H25N3O3/c1-13(2)10-24-16-6-4-3-5-15(16)17-21-18(25-22-17)19-11-20-9-14(19)7-8-23-12-19/h3-6,13-14,20H,7-12H2,1-2H3/t14-,19+/m1/s1. The van der Waals surface area contributed by atoms with Crippen LogP contribution in [0.2, 0.25) is 0 Å². The average molecular weight is 343 g/mol. The second-order valence-corrected chi connectivity index (χ2v) is 7.45. The molecule has 6 heteroatoms. The third-order valence-electron chi connectivity index (χ3n) is 5.14. The summed E-state index contributed by atoms with van der Waals surface area (Å²) in [4.78, 5) is 4.75. The van der Waals surface area contributed by atoms with Crippen LogP contribution in [-0.2, 0) is 10.2 Å². The molecule has 0 bridgehead atoms. The zero-order valence-corrected chi connectivity index (χ0v) is 14.8. The number of aromatic nitrogens is 2. The highest BCUT2D eigenvalue weighted by atomic mass is 16.5. The van der Waals surface area contributed by atoms with Crippen LogP contribution < -0.4 is 10.1 Å². The van der Waals surface area contributed by atoms with E-state index in [4.69, 9.17) is 19.0 Å². The molecule has 25 heavy (non-hydrogen) atoms. The molecule has 2 aliphatic heterocycles. The van der Waals surface area contributed by atoms with Gasteiger partial charge in [0.2, 0.25) is 11.7 Å². The number of para-hydroxylation sites is 1. The summed E-state index contributed by atoms with van der Waals surface area (Å²) < 4.78 is 17.4. The molecule has 2 atom stereocenters. The monoisotopic (exact) mass is 343 g/mol. The Hall–Kier alpha value is -1.92. The second-order valence-electron chi connectivity index (χ2n) is 7.45. The van der Waals surface area contributed by atoms with E-state index in [1.807, 2.05) is 24.3 Å². The molecule has 0 unspecified atom stereocenters. The minimum atomic E-state index is -0.197. The number of fused-ring (bicyclic) bond motifs is 1. The molecular formula is C19H25N3O3. The molecule has 0 saturated carbocycles. The van der Waals surface area contributed by atoms with Crippen LogP contribution in [0, 0.1) is 11.8 Å². The zero-order valence-electron chi connectivity index (χ0n) is 14.8. The van der Waals surface area contributed by atoms with Gasteiger partial charge in [-0.3, -0.25) is 0 Å². The SMILES string of the molecule is CC(C)COc1ccccc1-c1noc([C@]23CNC[C@H]2CCOC3)n1. The van der Waals surface area contributed by atoms with E-state index in [1.165, 1.54) is 0 Å². The third-order valence-corrected chi connectivity index (χ3v) is 5.14. The molecule has 2 fully saturated rings. The number of benzene rings is 1. The Labute approximate surface area is 147 Å². The number of nitrogens with one attached hydrogen (secondary N) is 1. The Balaban J connectivity index is 1.64.